The summed E-state index contributed by atoms with van der Waals surface area (Å²) in [6, 6.07) is 15.0. The summed E-state index contributed by atoms with van der Waals surface area (Å²) in [5.74, 6) is 1.34. The van der Waals surface area contributed by atoms with E-state index in [9.17, 15) is 9.18 Å². The van der Waals surface area contributed by atoms with Crippen molar-refractivity contribution in [2.75, 3.05) is 26.9 Å². The van der Waals surface area contributed by atoms with Gasteiger partial charge in [0, 0.05) is 69.8 Å². The SMILES string of the molecule is COC(=O)c1c(C)c2c3c(Cl)ccc2n1CCCOc1cc(cc2cc(F)ccc12)CCc1cc(nn1C)CSCc1c-3c(C)nn1CCOC1CCCCO1. The van der Waals surface area contributed by atoms with Gasteiger partial charge >= 0.3 is 5.97 Å². The predicted octanol–water partition coefficient (Wildman–Crippen LogP) is 9.13. The molecule has 8 bridgehead atoms. The van der Waals surface area contributed by atoms with Crippen LogP contribution in [-0.2, 0) is 58.7 Å². The number of hydrogen-bond donors (Lipinski definition) is 0. The quantitative estimate of drug-likeness (QED) is 0.160. The lowest BCUT2D eigenvalue weighted by Gasteiger charge is -2.22. The van der Waals surface area contributed by atoms with E-state index in [-0.39, 0.29) is 12.1 Å². The average Bonchev–Trinajstić information content (AvgIpc) is 3.80. The minimum absolute atomic E-state index is 0.195. The normalized spacial score (nSPS) is 16.8. The van der Waals surface area contributed by atoms with Crippen LogP contribution in [0.2, 0.25) is 5.02 Å². The molecule has 3 aromatic heterocycles. The first kappa shape index (κ1) is 38.5. The molecule has 0 amide bonds. The molecule has 2 aliphatic rings. The summed E-state index contributed by atoms with van der Waals surface area (Å²) >= 11 is 8.97. The molecule has 0 saturated carbocycles. The van der Waals surface area contributed by atoms with E-state index in [4.69, 9.17) is 40.7 Å². The third kappa shape index (κ3) is 7.68. The minimum atomic E-state index is -0.420. The predicted molar refractivity (Wildman–Crippen MR) is 218 cm³/mol. The van der Waals surface area contributed by atoms with Gasteiger partial charge in [-0.15, -0.1) is 11.8 Å². The van der Waals surface area contributed by atoms with Crippen LogP contribution in [0.4, 0.5) is 4.39 Å². The highest BCUT2D eigenvalue weighted by Crippen LogP contribution is 2.43. The van der Waals surface area contributed by atoms with E-state index in [2.05, 4.69) is 12.1 Å². The van der Waals surface area contributed by atoms with Crippen molar-refractivity contribution in [2.45, 2.75) is 83.3 Å². The minimum Gasteiger partial charge on any atom is -0.493 e. The smallest absolute Gasteiger partial charge is 0.354 e. The molecule has 0 radical (unpaired) electrons. The van der Waals surface area contributed by atoms with Crippen molar-refractivity contribution in [1.29, 1.82) is 0 Å². The highest BCUT2D eigenvalue weighted by Gasteiger charge is 2.28. The third-order valence-corrected chi connectivity index (χ3v) is 12.2. The molecular weight excluding hydrogens is 753 g/mol. The molecule has 8 rings (SSSR count). The van der Waals surface area contributed by atoms with Crippen LogP contribution in [0.25, 0.3) is 32.8 Å². The Morgan fingerprint density at radius 2 is 1.89 bits per heavy atom. The number of halogens is 2. The first-order valence-electron chi connectivity index (χ1n) is 19.3. The number of nitrogens with zero attached hydrogens (tertiary/aromatic N) is 5. The molecule has 5 heterocycles. The zero-order valence-electron chi connectivity index (χ0n) is 32.3. The van der Waals surface area contributed by atoms with Crippen molar-refractivity contribution in [1.82, 2.24) is 24.1 Å². The van der Waals surface area contributed by atoms with Crippen molar-refractivity contribution >= 4 is 51.0 Å². The molecule has 0 spiro atoms. The van der Waals surface area contributed by atoms with Gasteiger partial charge in [-0.1, -0.05) is 17.7 Å². The monoisotopic (exact) mass is 799 g/mol. The Morgan fingerprint density at radius 1 is 1.02 bits per heavy atom. The van der Waals surface area contributed by atoms with Crippen molar-refractivity contribution in [3.05, 3.63) is 99.0 Å². The first-order chi connectivity index (χ1) is 27.2. The number of fused-ring (bicyclic) bond motifs is 8. The van der Waals surface area contributed by atoms with Gasteiger partial charge in [-0.25, -0.2) is 9.18 Å². The van der Waals surface area contributed by atoms with Crippen LogP contribution < -0.4 is 4.74 Å². The number of thioether (sulfide) groups is 1. The fraction of sp³-hybridized carbons (Fsp3) is 0.419. The van der Waals surface area contributed by atoms with Crippen LogP contribution in [0.15, 0.2) is 48.5 Å². The van der Waals surface area contributed by atoms with Crippen LogP contribution in [0.1, 0.15) is 70.1 Å². The van der Waals surface area contributed by atoms with E-state index in [1.807, 2.05) is 53.0 Å². The Balaban J connectivity index is 1.22. The van der Waals surface area contributed by atoms with Gasteiger partial charge in [0.05, 0.1) is 44.0 Å². The summed E-state index contributed by atoms with van der Waals surface area (Å²) in [4.78, 5) is 13.5. The number of esters is 1. The van der Waals surface area contributed by atoms with Gasteiger partial charge in [0.1, 0.15) is 17.3 Å². The molecule has 1 unspecified atom stereocenters. The van der Waals surface area contributed by atoms with E-state index < -0.39 is 5.97 Å². The maximum atomic E-state index is 14.4. The lowest BCUT2D eigenvalue weighted by atomic mass is 9.97. The number of benzene rings is 3. The zero-order valence-corrected chi connectivity index (χ0v) is 33.9. The number of carbonyl (C=O) groups is 1. The fourth-order valence-corrected chi connectivity index (χ4v) is 9.47. The standard InChI is InChI=1S/C43H47ClFN5O5S/c1-26-39-35-14-13-34(44)41(39)40-27(2)46-50(16-19-55-38-8-5-6-17-54-38)36(40)25-56-24-31-23-32(48(3)47-31)11-9-28-20-29-22-30(45)10-12-33(29)37(21-28)53-18-7-15-49(35)42(26)43(51)52-4/h10,12-14,20-23,38H,5-9,11,15-19,24-25H2,1-4H3. The number of methoxy groups -OCH3 is 1. The summed E-state index contributed by atoms with van der Waals surface area (Å²) < 4.78 is 44.3. The largest absolute Gasteiger partial charge is 0.493 e. The summed E-state index contributed by atoms with van der Waals surface area (Å²) in [5, 5.41) is 13.1. The molecule has 2 aliphatic heterocycles. The highest BCUT2D eigenvalue weighted by molar-refractivity contribution is 7.97. The molecule has 1 saturated heterocycles. The van der Waals surface area contributed by atoms with E-state index in [0.29, 0.717) is 60.7 Å². The van der Waals surface area contributed by atoms with Crippen molar-refractivity contribution < 1.29 is 28.1 Å². The number of ether oxygens (including phenoxy) is 4. The van der Waals surface area contributed by atoms with E-state index in [1.54, 1.807) is 23.9 Å². The topological polar surface area (TPSA) is 94.6 Å². The van der Waals surface area contributed by atoms with Crippen LogP contribution in [0.3, 0.4) is 0 Å². The Labute approximate surface area is 335 Å². The number of hydrogen-bond acceptors (Lipinski definition) is 8. The Kier molecular flexibility index (Phi) is 11.4. The molecule has 56 heavy (non-hydrogen) atoms. The molecular formula is C43H47ClFN5O5S. The molecule has 3 aromatic carbocycles. The van der Waals surface area contributed by atoms with E-state index in [1.165, 1.54) is 13.2 Å². The van der Waals surface area contributed by atoms with Crippen LogP contribution in [0, 0.1) is 19.7 Å². The van der Waals surface area contributed by atoms with Gasteiger partial charge in [0.25, 0.3) is 0 Å². The maximum absolute atomic E-state index is 14.4. The summed E-state index contributed by atoms with van der Waals surface area (Å²) in [7, 11) is 3.39. The maximum Gasteiger partial charge on any atom is 0.354 e. The summed E-state index contributed by atoms with van der Waals surface area (Å²) in [6.07, 6.45) is 4.96. The zero-order chi connectivity index (χ0) is 38.9. The van der Waals surface area contributed by atoms with Crippen molar-refractivity contribution in [3.8, 4) is 16.9 Å². The average molecular weight is 800 g/mol. The van der Waals surface area contributed by atoms with Crippen molar-refractivity contribution in [2.24, 2.45) is 7.05 Å². The molecule has 1 fully saturated rings. The second kappa shape index (κ2) is 16.6. The Hall–Kier alpha value is -4.36. The Morgan fingerprint density at radius 3 is 2.71 bits per heavy atom. The molecule has 10 nitrogen and oxygen atoms in total. The van der Waals surface area contributed by atoms with Gasteiger partial charge in [-0.2, -0.15) is 10.2 Å². The Bertz CT molecular complexity index is 2420. The fourth-order valence-electron chi connectivity index (χ4n) is 8.28. The molecule has 294 valence electrons. The number of aryl methyl sites for hydroxylation is 6. The number of carbonyl (C=O) groups excluding carboxylic acids is 1. The van der Waals surface area contributed by atoms with Crippen LogP contribution in [-0.4, -0.2) is 63.3 Å². The van der Waals surface area contributed by atoms with Crippen LogP contribution in [0.5, 0.6) is 5.75 Å². The third-order valence-electron chi connectivity index (χ3n) is 10.9. The molecule has 6 aromatic rings. The van der Waals surface area contributed by atoms with Gasteiger partial charge in [0.2, 0.25) is 0 Å². The molecule has 1 atom stereocenters. The van der Waals surface area contributed by atoms with E-state index in [0.717, 1.165) is 105 Å². The molecule has 0 N–H and O–H groups in total. The highest BCUT2D eigenvalue weighted by atomic mass is 35.5. The lowest BCUT2D eigenvalue weighted by Crippen LogP contribution is -2.24. The lowest BCUT2D eigenvalue weighted by molar-refractivity contribution is -0.163. The molecule has 0 aliphatic carbocycles. The van der Waals surface area contributed by atoms with E-state index >= 15 is 0 Å². The number of aromatic nitrogens is 5. The van der Waals surface area contributed by atoms with Gasteiger partial charge in [0.15, 0.2) is 6.29 Å². The summed E-state index contributed by atoms with van der Waals surface area (Å²) in [6.45, 7) is 6.58. The van der Waals surface area contributed by atoms with Crippen molar-refractivity contribution in [3.63, 3.8) is 0 Å². The summed E-state index contributed by atoms with van der Waals surface area (Å²) in [5.41, 5.74) is 8.98. The first-order valence-corrected chi connectivity index (χ1v) is 20.9. The number of rotatable bonds is 5. The second-order valence-corrected chi connectivity index (χ2v) is 16.0. The second-order valence-electron chi connectivity index (χ2n) is 14.6. The van der Waals surface area contributed by atoms with Gasteiger partial charge < -0.3 is 23.5 Å². The van der Waals surface area contributed by atoms with Gasteiger partial charge in [-0.3, -0.25) is 9.36 Å². The van der Waals surface area contributed by atoms with Gasteiger partial charge in [-0.05, 0) is 111 Å². The van der Waals surface area contributed by atoms with Crippen LogP contribution >= 0.6 is 23.4 Å². The molecule has 13 heteroatoms.